The number of anilines is 1. The Morgan fingerprint density at radius 1 is 1.05 bits per heavy atom. The molecule has 2 atom stereocenters. The highest BCUT2D eigenvalue weighted by Gasteiger charge is 2.38. The van der Waals surface area contributed by atoms with Crippen LogP contribution >= 0.6 is 0 Å². The SMILES string of the molecule is N#Cc1ccc(N[C@@H]2C[C@H]2c2ccc(F)cc2)cc1. The van der Waals surface area contributed by atoms with E-state index >= 15 is 0 Å². The molecule has 0 spiro atoms. The first kappa shape index (κ1) is 11.7. The molecular formula is C16H13FN2. The standard InChI is InChI=1S/C16H13FN2/c17-13-5-3-12(4-6-13)15-9-16(15)19-14-7-1-11(10-18)2-8-14/h1-8,15-16,19H,9H2/t15-,16+/m0/s1. The summed E-state index contributed by atoms with van der Waals surface area (Å²) in [5.74, 6) is 0.261. The highest BCUT2D eigenvalue weighted by molar-refractivity contribution is 5.50. The second-order valence-corrected chi connectivity index (χ2v) is 4.83. The molecule has 2 nitrogen and oxygen atoms in total. The van der Waals surface area contributed by atoms with Gasteiger partial charge in [0.1, 0.15) is 5.82 Å². The monoisotopic (exact) mass is 252 g/mol. The van der Waals surface area contributed by atoms with Crippen LogP contribution in [0.1, 0.15) is 23.5 Å². The summed E-state index contributed by atoms with van der Waals surface area (Å²) in [6, 6.07) is 16.6. The number of hydrogen-bond donors (Lipinski definition) is 1. The van der Waals surface area contributed by atoms with Crippen molar-refractivity contribution < 1.29 is 4.39 Å². The Bertz CT molecular complexity index is 611. The Kier molecular flexibility index (Phi) is 2.92. The fourth-order valence-corrected chi connectivity index (χ4v) is 2.29. The molecule has 0 unspecified atom stereocenters. The van der Waals surface area contributed by atoms with Gasteiger partial charge in [0, 0.05) is 17.6 Å². The zero-order valence-electron chi connectivity index (χ0n) is 10.3. The maximum atomic E-state index is 12.8. The number of halogens is 1. The van der Waals surface area contributed by atoms with E-state index < -0.39 is 0 Å². The molecule has 19 heavy (non-hydrogen) atoms. The molecule has 1 saturated carbocycles. The Labute approximate surface area is 111 Å². The van der Waals surface area contributed by atoms with Crippen LogP contribution in [-0.2, 0) is 0 Å². The van der Waals surface area contributed by atoms with Crippen molar-refractivity contribution in [2.24, 2.45) is 0 Å². The first-order chi connectivity index (χ1) is 9.26. The number of hydrogen-bond acceptors (Lipinski definition) is 2. The molecule has 2 aromatic carbocycles. The summed E-state index contributed by atoms with van der Waals surface area (Å²) in [6.45, 7) is 0. The summed E-state index contributed by atoms with van der Waals surface area (Å²) in [4.78, 5) is 0. The van der Waals surface area contributed by atoms with Gasteiger partial charge in [0.05, 0.1) is 11.6 Å². The second-order valence-electron chi connectivity index (χ2n) is 4.83. The quantitative estimate of drug-likeness (QED) is 0.904. The van der Waals surface area contributed by atoms with Gasteiger partial charge >= 0.3 is 0 Å². The van der Waals surface area contributed by atoms with Crippen LogP contribution < -0.4 is 5.32 Å². The Morgan fingerprint density at radius 3 is 2.37 bits per heavy atom. The topological polar surface area (TPSA) is 35.8 Å². The molecule has 2 aromatic rings. The van der Waals surface area contributed by atoms with Gasteiger partial charge in [-0.05, 0) is 48.4 Å². The van der Waals surface area contributed by atoms with Gasteiger partial charge in [-0.1, -0.05) is 12.1 Å². The van der Waals surface area contributed by atoms with Crippen LogP contribution in [0.5, 0.6) is 0 Å². The molecule has 0 amide bonds. The summed E-state index contributed by atoms with van der Waals surface area (Å²) >= 11 is 0. The van der Waals surface area contributed by atoms with Crippen molar-refractivity contribution in [3.05, 3.63) is 65.5 Å². The number of benzene rings is 2. The largest absolute Gasteiger partial charge is 0.382 e. The summed E-state index contributed by atoms with van der Waals surface area (Å²) < 4.78 is 12.8. The van der Waals surface area contributed by atoms with Crippen LogP contribution in [0, 0.1) is 17.1 Å². The molecule has 1 fully saturated rings. The number of nitrogens with zero attached hydrogens (tertiary/aromatic N) is 1. The average Bonchev–Trinajstić information content (AvgIpc) is 3.20. The molecule has 0 aliphatic heterocycles. The Balaban J connectivity index is 1.64. The van der Waals surface area contributed by atoms with Crippen molar-refractivity contribution in [3.63, 3.8) is 0 Å². The van der Waals surface area contributed by atoms with Gasteiger partial charge in [-0.3, -0.25) is 0 Å². The average molecular weight is 252 g/mol. The van der Waals surface area contributed by atoms with E-state index in [1.807, 2.05) is 24.3 Å². The van der Waals surface area contributed by atoms with Crippen molar-refractivity contribution in [3.8, 4) is 6.07 Å². The molecular weight excluding hydrogens is 239 g/mol. The van der Waals surface area contributed by atoms with Crippen LogP contribution in [0.4, 0.5) is 10.1 Å². The first-order valence-corrected chi connectivity index (χ1v) is 6.28. The summed E-state index contributed by atoms with van der Waals surface area (Å²) in [5, 5.41) is 12.2. The van der Waals surface area contributed by atoms with Gasteiger partial charge in [-0.2, -0.15) is 5.26 Å². The van der Waals surface area contributed by atoms with Gasteiger partial charge in [0.15, 0.2) is 0 Å². The van der Waals surface area contributed by atoms with Gasteiger partial charge in [-0.15, -0.1) is 0 Å². The van der Waals surface area contributed by atoms with E-state index in [1.54, 1.807) is 12.1 Å². The highest BCUT2D eigenvalue weighted by atomic mass is 19.1. The van der Waals surface area contributed by atoms with Crippen LogP contribution in [0.15, 0.2) is 48.5 Å². The van der Waals surface area contributed by atoms with Crippen molar-refractivity contribution >= 4 is 5.69 Å². The van der Waals surface area contributed by atoms with Crippen LogP contribution in [0.25, 0.3) is 0 Å². The van der Waals surface area contributed by atoms with Gasteiger partial charge in [0.2, 0.25) is 0 Å². The van der Waals surface area contributed by atoms with Crippen LogP contribution in [0.3, 0.4) is 0 Å². The molecule has 1 N–H and O–H groups in total. The molecule has 1 aliphatic rings. The lowest BCUT2D eigenvalue weighted by Gasteiger charge is -2.06. The Hall–Kier alpha value is -2.34. The number of rotatable bonds is 3. The second kappa shape index (κ2) is 4.74. The van der Waals surface area contributed by atoms with Gasteiger partial charge in [-0.25, -0.2) is 4.39 Å². The van der Waals surface area contributed by atoms with Gasteiger partial charge in [0.25, 0.3) is 0 Å². The third-order valence-corrected chi connectivity index (χ3v) is 3.45. The van der Waals surface area contributed by atoms with Gasteiger partial charge < -0.3 is 5.32 Å². The molecule has 94 valence electrons. The lowest BCUT2D eigenvalue weighted by atomic mass is 10.1. The zero-order valence-corrected chi connectivity index (χ0v) is 10.3. The number of nitrogens with one attached hydrogen (secondary N) is 1. The molecule has 3 rings (SSSR count). The lowest BCUT2D eigenvalue weighted by Crippen LogP contribution is -2.03. The van der Waals surface area contributed by atoms with E-state index in [1.165, 1.54) is 17.7 Å². The predicted octanol–water partition coefficient (Wildman–Crippen LogP) is 3.67. The maximum Gasteiger partial charge on any atom is 0.123 e. The van der Waals surface area contributed by atoms with Crippen LogP contribution in [0.2, 0.25) is 0 Å². The van der Waals surface area contributed by atoms with Crippen molar-refractivity contribution in [1.82, 2.24) is 0 Å². The van der Waals surface area contributed by atoms with Crippen molar-refractivity contribution in [2.75, 3.05) is 5.32 Å². The molecule has 0 heterocycles. The van der Waals surface area contributed by atoms with Crippen molar-refractivity contribution in [2.45, 2.75) is 18.4 Å². The lowest BCUT2D eigenvalue weighted by molar-refractivity contribution is 0.627. The van der Waals surface area contributed by atoms with Crippen LogP contribution in [-0.4, -0.2) is 6.04 Å². The summed E-state index contributed by atoms with van der Waals surface area (Å²) in [5.41, 5.74) is 2.86. The smallest absolute Gasteiger partial charge is 0.123 e. The highest BCUT2D eigenvalue weighted by Crippen LogP contribution is 2.42. The molecule has 3 heteroatoms. The Morgan fingerprint density at radius 2 is 1.74 bits per heavy atom. The fraction of sp³-hybridized carbons (Fsp3) is 0.188. The van der Waals surface area contributed by atoms with E-state index in [9.17, 15) is 4.39 Å². The summed E-state index contributed by atoms with van der Waals surface area (Å²) in [7, 11) is 0. The first-order valence-electron chi connectivity index (χ1n) is 6.28. The maximum absolute atomic E-state index is 12.8. The minimum Gasteiger partial charge on any atom is -0.382 e. The normalized spacial score (nSPS) is 20.6. The molecule has 1 aliphatic carbocycles. The minimum absolute atomic E-state index is 0.194. The van der Waals surface area contributed by atoms with E-state index in [0.29, 0.717) is 17.5 Å². The molecule has 0 radical (unpaired) electrons. The van der Waals surface area contributed by atoms with E-state index in [-0.39, 0.29) is 5.82 Å². The van der Waals surface area contributed by atoms with E-state index in [4.69, 9.17) is 5.26 Å². The third kappa shape index (κ3) is 2.58. The number of nitriles is 1. The van der Waals surface area contributed by atoms with E-state index in [0.717, 1.165) is 12.1 Å². The fourth-order valence-electron chi connectivity index (χ4n) is 2.29. The van der Waals surface area contributed by atoms with E-state index in [2.05, 4.69) is 11.4 Å². The molecule has 0 bridgehead atoms. The predicted molar refractivity (Wildman–Crippen MR) is 72.3 cm³/mol. The molecule has 0 saturated heterocycles. The minimum atomic E-state index is -0.194. The summed E-state index contributed by atoms with van der Waals surface area (Å²) in [6.07, 6.45) is 1.06. The third-order valence-electron chi connectivity index (χ3n) is 3.45. The molecule has 0 aromatic heterocycles. The zero-order chi connectivity index (χ0) is 13.2. The van der Waals surface area contributed by atoms with Crippen molar-refractivity contribution in [1.29, 1.82) is 5.26 Å².